The van der Waals surface area contributed by atoms with Gasteiger partial charge in [-0.25, -0.2) is 0 Å². The summed E-state index contributed by atoms with van der Waals surface area (Å²) in [5.74, 6) is -0.223. The lowest BCUT2D eigenvalue weighted by atomic mass is 10.1. The van der Waals surface area contributed by atoms with Gasteiger partial charge in [0, 0.05) is 11.1 Å². The number of hydrogen-bond acceptors (Lipinski definition) is 3. The second kappa shape index (κ2) is 7.98. The van der Waals surface area contributed by atoms with Crippen molar-refractivity contribution in [3.05, 3.63) is 58.1 Å². The van der Waals surface area contributed by atoms with Gasteiger partial charge in [0.15, 0.2) is 6.10 Å². The average molecular weight is 393 g/mol. The Morgan fingerprint density at radius 1 is 1.15 bits per heavy atom. The van der Waals surface area contributed by atoms with Crippen LogP contribution in [-0.4, -0.2) is 24.0 Å². The molecule has 1 aliphatic carbocycles. The first kappa shape index (κ1) is 18.5. The minimum absolute atomic E-state index is 0.197. The van der Waals surface area contributed by atoms with Crippen LogP contribution in [0.15, 0.2) is 42.5 Å². The number of benzene rings is 2. The summed E-state index contributed by atoms with van der Waals surface area (Å²) < 4.78 is 5.61. The number of halogens is 2. The van der Waals surface area contributed by atoms with E-state index in [2.05, 4.69) is 10.6 Å². The van der Waals surface area contributed by atoms with E-state index in [0.717, 1.165) is 12.8 Å². The van der Waals surface area contributed by atoms with Crippen LogP contribution in [0.1, 0.15) is 30.1 Å². The van der Waals surface area contributed by atoms with Crippen LogP contribution < -0.4 is 15.4 Å². The molecule has 7 heteroatoms. The minimum atomic E-state index is -0.812. The van der Waals surface area contributed by atoms with E-state index in [4.69, 9.17) is 27.9 Å². The molecule has 0 unspecified atom stereocenters. The van der Waals surface area contributed by atoms with Crippen molar-refractivity contribution in [3.63, 3.8) is 0 Å². The number of nitrogens with one attached hydrogen (secondary N) is 2. The number of rotatable bonds is 6. The fourth-order valence-corrected chi connectivity index (χ4v) is 2.78. The van der Waals surface area contributed by atoms with Gasteiger partial charge in [-0.15, -0.1) is 0 Å². The van der Waals surface area contributed by atoms with Crippen LogP contribution in [0.4, 0.5) is 5.69 Å². The molecule has 136 valence electrons. The molecule has 0 heterocycles. The molecule has 1 saturated carbocycles. The zero-order valence-electron chi connectivity index (χ0n) is 14.1. The molecular formula is C19H18Cl2N2O3. The number of anilines is 1. The summed E-state index contributed by atoms with van der Waals surface area (Å²) in [6, 6.07) is 11.9. The first-order chi connectivity index (χ1) is 12.4. The normalized spacial score (nSPS) is 14.4. The first-order valence-electron chi connectivity index (χ1n) is 8.26. The maximum absolute atomic E-state index is 12.5. The van der Waals surface area contributed by atoms with Crippen molar-refractivity contribution in [2.45, 2.75) is 31.9 Å². The summed E-state index contributed by atoms with van der Waals surface area (Å²) in [5, 5.41) is 6.46. The molecule has 0 radical (unpaired) electrons. The van der Waals surface area contributed by atoms with E-state index in [0.29, 0.717) is 27.0 Å². The molecule has 1 atom stereocenters. The maximum Gasteiger partial charge on any atom is 0.265 e. The SMILES string of the molecule is C[C@@H](Oc1ccc(Cl)cc1Cl)C(=O)Nc1ccccc1C(=O)NC1CC1. The Balaban J connectivity index is 1.68. The van der Waals surface area contributed by atoms with Crippen LogP contribution in [0.2, 0.25) is 10.0 Å². The highest BCUT2D eigenvalue weighted by molar-refractivity contribution is 6.35. The van der Waals surface area contributed by atoms with Crippen LogP contribution in [-0.2, 0) is 4.79 Å². The van der Waals surface area contributed by atoms with Crippen molar-refractivity contribution in [2.75, 3.05) is 5.32 Å². The second-order valence-electron chi connectivity index (χ2n) is 6.12. The standard InChI is InChI=1S/C19H18Cl2N2O3/c1-11(26-17-9-6-12(20)10-15(17)21)18(24)23-16-5-3-2-4-14(16)19(25)22-13-7-8-13/h2-6,9-11,13H,7-8H2,1H3,(H,22,25)(H,23,24)/t11-/m1/s1. The summed E-state index contributed by atoms with van der Waals surface area (Å²) in [4.78, 5) is 24.8. The lowest BCUT2D eigenvalue weighted by molar-refractivity contribution is -0.122. The molecule has 5 nitrogen and oxygen atoms in total. The van der Waals surface area contributed by atoms with E-state index in [9.17, 15) is 9.59 Å². The third-order valence-corrected chi connectivity index (χ3v) is 4.44. The minimum Gasteiger partial charge on any atom is -0.479 e. The predicted octanol–water partition coefficient (Wildman–Crippen LogP) is 4.29. The van der Waals surface area contributed by atoms with Crippen LogP contribution in [0.5, 0.6) is 5.75 Å². The Morgan fingerprint density at radius 2 is 1.88 bits per heavy atom. The third-order valence-electron chi connectivity index (χ3n) is 3.91. The van der Waals surface area contributed by atoms with Gasteiger partial charge in [-0.3, -0.25) is 9.59 Å². The number of ether oxygens (including phenoxy) is 1. The van der Waals surface area contributed by atoms with Gasteiger partial charge in [-0.05, 0) is 50.1 Å². The Kier molecular flexibility index (Phi) is 5.69. The summed E-state index contributed by atoms with van der Waals surface area (Å²) >= 11 is 11.9. The third kappa shape index (κ3) is 4.68. The number of amides is 2. The van der Waals surface area contributed by atoms with Gasteiger partial charge in [-0.2, -0.15) is 0 Å². The Morgan fingerprint density at radius 3 is 2.58 bits per heavy atom. The fraction of sp³-hybridized carbons (Fsp3) is 0.263. The van der Waals surface area contributed by atoms with Gasteiger partial charge < -0.3 is 15.4 Å². The van der Waals surface area contributed by atoms with E-state index in [1.165, 1.54) is 0 Å². The van der Waals surface area contributed by atoms with Gasteiger partial charge in [0.1, 0.15) is 5.75 Å². The smallest absolute Gasteiger partial charge is 0.265 e. The second-order valence-corrected chi connectivity index (χ2v) is 6.96. The highest BCUT2D eigenvalue weighted by Crippen LogP contribution is 2.28. The molecular weight excluding hydrogens is 375 g/mol. The predicted molar refractivity (Wildman–Crippen MR) is 102 cm³/mol. The molecule has 0 bridgehead atoms. The van der Waals surface area contributed by atoms with E-state index in [1.807, 2.05) is 0 Å². The number of hydrogen-bond donors (Lipinski definition) is 2. The maximum atomic E-state index is 12.5. The number of carbonyl (C=O) groups excluding carboxylic acids is 2. The fourth-order valence-electron chi connectivity index (χ4n) is 2.33. The van der Waals surface area contributed by atoms with E-state index in [1.54, 1.807) is 49.4 Å². The molecule has 2 aromatic rings. The van der Waals surface area contributed by atoms with Crippen LogP contribution >= 0.6 is 23.2 Å². The van der Waals surface area contributed by atoms with E-state index in [-0.39, 0.29) is 17.9 Å². The Bertz CT molecular complexity index is 837. The van der Waals surface area contributed by atoms with Crippen LogP contribution in [0.25, 0.3) is 0 Å². The molecule has 0 aromatic heterocycles. The summed E-state index contributed by atoms with van der Waals surface area (Å²) in [5.41, 5.74) is 0.859. The zero-order valence-corrected chi connectivity index (χ0v) is 15.6. The van der Waals surface area contributed by atoms with Crippen molar-refractivity contribution >= 4 is 40.7 Å². The molecule has 1 fully saturated rings. The lowest BCUT2D eigenvalue weighted by Crippen LogP contribution is -2.32. The van der Waals surface area contributed by atoms with Gasteiger partial charge in [0.25, 0.3) is 11.8 Å². The summed E-state index contributed by atoms with van der Waals surface area (Å²) in [7, 11) is 0. The molecule has 2 amide bonds. The molecule has 3 rings (SSSR count). The quantitative estimate of drug-likeness (QED) is 0.770. The van der Waals surface area contributed by atoms with Crippen molar-refractivity contribution in [1.82, 2.24) is 5.32 Å². The van der Waals surface area contributed by atoms with Crippen LogP contribution in [0, 0.1) is 0 Å². The summed E-state index contributed by atoms with van der Waals surface area (Å²) in [6.07, 6.45) is 1.17. The molecule has 2 N–H and O–H groups in total. The number of para-hydroxylation sites is 1. The van der Waals surface area contributed by atoms with Crippen molar-refractivity contribution in [2.24, 2.45) is 0 Å². The number of carbonyl (C=O) groups is 2. The van der Waals surface area contributed by atoms with Crippen molar-refractivity contribution < 1.29 is 14.3 Å². The largest absolute Gasteiger partial charge is 0.479 e. The van der Waals surface area contributed by atoms with Crippen molar-refractivity contribution in [3.8, 4) is 5.75 Å². The first-order valence-corrected chi connectivity index (χ1v) is 9.02. The molecule has 0 aliphatic heterocycles. The molecule has 0 spiro atoms. The van der Waals surface area contributed by atoms with E-state index >= 15 is 0 Å². The zero-order chi connectivity index (χ0) is 18.7. The van der Waals surface area contributed by atoms with E-state index < -0.39 is 6.10 Å². The topological polar surface area (TPSA) is 67.4 Å². The molecule has 1 aliphatic rings. The molecule has 26 heavy (non-hydrogen) atoms. The van der Waals surface area contributed by atoms with Gasteiger partial charge in [0.2, 0.25) is 0 Å². The highest BCUT2D eigenvalue weighted by Gasteiger charge is 2.25. The molecule has 2 aromatic carbocycles. The lowest BCUT2D eigenvalue weighted by Gasteiger charge is -2.17. The van der Waals surface area contributed by atoms with Gasteiger partial charge >= 0.3 is 0 Å². The highest BCUT2D eigenvalue weighted by atomic mass is 35.5. The van der Waals surface area contributed by atoms with Gasteiger partial charge in [0.05, 0.1) is 16.3 Å². The summed E-state index contributed by atoms with van der Waals surface area (Å²) in [6.45, 7) is 1.60. The molecule has 0 saturated heterocycles. The average Bonchev–Trinajstić information content (AvgIpc) is 3.41. The van der Waals surface area contributed by atoms with Crippen LogP contribution in [0.3, 0.4) is 0 Å². The van der Waals surface area contributed by atoms with Gasteiger partial charge in [-0.1, -0.05) is 35.3 Å². The Labute approximate surface area is 161 Å². The van der Waals surface area contributed by atoms with Crippen molar-refractivity contribution in [1.29, 1.82) is 0 Å². The Hall–Kier alpha value is -2.24. The monoisotopic (exact) mass is 392 g/mol.